The Labute approximate surface area is 254 Å². The minimum Gasteiger partial charge on any atom is -0.481 e. The number of carbonyl (C=O) groups excluding carboxylic acids is 1. The van der Waals surface area contributed by atoms with Crippen LogP contribution in [0.2, 0.25) is 0 Å². The van der Waals surface area contributed by atoms with Gasteiger partial charge in [-0.05, 0) is 72.9 Å². The maximum absolute atomic E-state index is 13.7. The number of aromatic nitrogens is 2. The van der Waals surface area contributed by atoms with Gasteiger partial charge in [-0.2, -0.15) is 9.98 Å². The van der Waals surface area contributed by atoms with E-state index < -0.39 is 28.0 Å². The van der Waals surface area contributed by atoms with Gasteiger partial charge >= 0.3 is 11.9 Å². The number of H-pyrrole nitrogens is 1. The van der Waals surface area contributed by atoms with Gasteiger partial charge < -0.3 is 24.7 Å². The van der Waals surface area contributed by atoms with Crippen molar-refractivity contribution in [1.82, 2.24) is 19.2 Å². The molecule has 0 saturated carbocycles. The number of fused-ring (bicyclic) bond motifs is 2. The van der Waals surface area contributed by atoms with Crippen LogP contribution in [0.4, 0.5) is 0 Å². The molecular formula is C31H33N5O7S. The second-order valence-electron chi connectivity index (χ2n) is 10.3. The number of sulfonamides is 1. The number of hydrogen-bond acceptors (Lipinski definition) is 6. The molecule has 4 aromatic rings. The molecule has 0 bridgehead atoms. The highest BCUT2D eigenvalue weighted by molar-refractivity contribution is 7.89. The Morgan fingerprint density at radius 3 is 2.57 bits per heavy atom. The minimum atomic E-state index is -4.08. The SMILES string of the molecule is CCCC(=O)O.N#Cc1cccn1CCC(NS(=O)(=O)c1cccc2[nH]ccc12)C(=O)N1CCc2cc(C(=O)O)ccc2C1. The molecule has 1 aliphatic rings. The number of rotatable bonds is 10. The summed E-state index contributed by atoms with van der Waals surface area (Å²) in [6, 6.07) is 15.8. The highest BCUT2D eigenvalue weighted by Crippen LogP contribution is 2.25. The number of carbonyl (C=O) groups is 3. The van der Waals surface area contributed by atoms with Crippen molar-refractivity contribution in [3.63, 3.8) is 0 Å². The lowest BCUT2D eigenvalue weighted by molar-refractivity contribution is -0.137. The number of aryl methyl sites for hydroxylation is 1. The van der Waals surface area contributed by atoms with E-state index in [1.807, 2.05) is 6.92 Å². The van der Waals surface area contributed by atoms with Crippen LogP contribution in [0.1, 0.15) is 53.4 Å². The third kappa shape index (κ3) is 7.52. The lowest BCUT2D eigenvalue weighted by Gasteiger charge is -2.32. The summed E-state index contributed by atoms with van der Waals surface area (Å²) in [4.78, 5) is 39.3. The predicted octanol–water partition coefficient (Wildman–Crippen LogP) is 3.73. The Bertz CT molecular complexity index is 1820. The summed E-state index contributed by atoms with van der Waals surface area (Å²) in [5.74, 6) is -2.11. The Hall–Kier alpha value is -4.93. The molecule has 44 heavy (non-hydrogen) atoms. The molecule has 1 amide bonds. The van der Waals surface area contributed by atoms with E-state index in [0.29, 0.717) is 36.0 Å². The first-order chi connectivity index (χ1) is 21.0. The molecule has 230 valence electrons. The molecule has 0 spiro atoms. The molecule has 0 aliphatic carbocycles. The van der Waals surface area contributed by atoms with E-state index in [-0.39, 0.29) is 35.9 Å². The number of aromatic amines is 1. The standard InChI is InChI=1S/C27H25N5O5S.C4H8O2/c28-16-21-3-2-12-31(21)14-10-24(30-38(36,37)25-5-1-4-23-22(25)8-11-29-23)26(33)32-13-9-18-15-19(27(34)35)6-7-20(18)17-32;1-2-3-4(5)6/h1-8,11-12,15,24,29-30H,9-10,13-14,17H2,(H,34,35);2-3H2,1H3,(H,5,6). The third-order valence-corrected chi connectivity index (χ3v) is 8.81. The van der Waals surface area contributed by atoms with Crippen LogP contribution < -0.4 is 4.72 Å². The van der Waals surface area contributed by atoms with Crippen LogP contribution in [-0.2, 0) is 39.1 Å². The summed E-state index contributed by atoms with van der Waals surface area (Å²) >= 11 is 0. The quantitative estimate of drug-likeness (QED) is 0.207. The van der Waals surface area contributed by atoms with E-state index in [9.17, 15) is 33.2 Å². The van der Waals surface area contributed by atoms with Gasteiger partial charge in [0.05, 0.1) is 10.5 Å². The van der Waals surface area contributed by atoms with Crippen molar-refractivity contribution in [2.45, 2.75) is 56.6 Å². The zero-order valence-corrected chi connectivity index (χ0v) is 24.9. The number of hydrogen-bond donors (Lipinski definition) is 4. The molecule has 12 nitrogen and oxygen atoms in total. The first-order valence-corrected chi connectivity index (χ1v) is 15.5. The van der Waals surface area contributed by atoms with Crippen molar-refractivity contribution in [2.24, 2.45) is 0 Å². The monoisotopic (exact) mass is 619 g/mol. The fourth-order valence-corrected chi connectivity index (χ4v) is 6.51. The van der Waals surface area contributed by atoms with E-state index in [4.69, 9.17) is 5.11 Å². The fraction of sp³-hybridized carbons (Fsp3) is 0.290. The number of benzene rings is 2. The number of carboxylic acids is 2. The van der Waals surface area contributed by atoms with Crippen LogP contribution in [0.25, 0.3) is 10.9 Å². The predicted molar refractivity (Wildman–Crippen MR) is 161 cm³/mol. The second-order valence-corrected chi connectivity index (χ2v) is 12.0. The van der Waals surface area contributed by atoms with Gasteiger partial charge in [-0.3, -0.25) is 9.59 Å². The van der Waals surface area contributed by atoms with Crippen LogP contribution >= 0.6 is 0 Å². The van der Waals surface area contributed by atoms with Crippen molar-refractivity contribution in [2.75, 3.05) is 6.54 Å². The maximum atomic E-state index is 13.7. The van der Waals surface area contributed by atoms with Crippen molar-refractivity contribution < 1.29 is 33.0 Å². The Kier molecular flexibility index (Phi) is 10.2. The number of amides is 1. The zero-order chi connectivity index (χ0) is 31.9. The normalized spacial score (nSPS) is 13.3. The van der Waals surface area contributed by atoms with Crippen LogP contribution in [0.15, 0.2) is 71.9 Å². The molecule has 4 N–H and O–H groups in total. The number of nitrogens with zero attached hydrogens (tertiary/aromatic N) is 3. The summed E-state index contributed by atoms with van der Waals surface area (Å²) in [7, 11) is -4.08. The van der Waals surface area contributed by atoms with Crippen LogP contribution in [0, 0.1) is 11.3 Å². The van der Waals surface area contributed by atoms with E-state index in [1.165, 1.54) is 12.1 Å². The van der Waals surface area contributed by atoms with Crippen LogP contribution in [0.5, 0.6) is 0 Å². The van der Waals surface area contributed by atoms with E-state index in [1.54, 1.807) is 64.3 Å². The number of aliphatic carboxylic acids is 1. The molecule has 3 heterocycles. The van der Waals surface area contributed by atoms with Crippen LogP contribution in [-0.4, -0.2) is 63.5 Å². The number of nitrogens with one attached hydrogen (secondary N) is 2. The third-order valence-electron chi connectivity index (χ3n) is 7.28. The first kappa shape index (κ1) is 32.0. The average Bonchev–Trinajstić information content (AvgIpc) is 3.67. The molecule has 13 heteroatoms. The lowest BCUT2D eigenvalue weighted by atomic mass is 9.96. The topological polar surface area (TPSA) is 186 Å². The molecular weight excluding hydrogens is 586 g/mol. The Morgan fingerprint density at radius 1 is 1.09 bits per heavy atom. The molecule has 2 aromatic heterocycles. The molecule has 1 aliphatic heterocycles. The van der Waals surface area contributed by atoms with E-state index >= 15 is 0 Å². The van der Waals surface area contributed by atoms with Gasteiger partial charge in [-0.1, -0.05) is 19.1 Å². The Balaban J connectivity index is 0.000000670. The summed E-state index contributed by atoms with van der Waals surface area (Å²) in [6.07, 6.45) is 4.98. The maximum Gasteiger partial charge on any atom is 0.335 e. The van der Waals surface area contributed by atoms with Gasteiger partial charge in [0.2, 0.25) is 15.9 Å². The Morgan fingerprint density at radius 2 is 1.89 bits per heavy atom. The minimum absolute atomic E-state index is 0.0675. The second kappa shape index (κ2) is 14.0. The van der Waals surface area contributed by atoms with Gasteiger partial charge in [0.15, 0.2) is 0 Å². The zero-order valence-electron chi connectivity index (χ0n) is 24.1. The van der Waals surface area contributed by atoms with E-state index in [0.717, 1.165) is 17.5 Å². The average molecular weight is 620 g/mol. The van der Waals surface area contributed by atoms with E-state index in [2.05, 4.69) is 15.8 Å². The summed E-state index contributed by atoms with van der Waals surface area (Å²) in [5.41, 5.74) is 2.95. The molecule has 1 atom stereocenters. The van der Waals surface area contributed by atoms with Gasteiger partial charge in [-0.25, -0.2) is 13.2 Å². The lowest BCUT2D eigenvalue weighted by Crippen LogP contribution is -2.50. The molecule has 1 unspecified atom stereocenters. The number of aromatic carboxylic acids is 1. The van der Waals surface area contributed by atoms with Crippen molar-refractivity contribution in [1.29, 1.82) is 5.26 Å². The molecule has 0 fully saturated rings. The molecule has 0 saturated heterocycles. The molecule has 5 rings (SSSR count). The number of nitriles is 1. The van der Waals surface area contributed by atoms with Gasteiger partial charge in [0.25, 0.3) is 0 Å². The largest absolute Gasteiger partial charge is 0.481 e. The first-order valence-electron chi connectivity index (χ1n) is 14.0. The van der Waals surface area contributed by atoms with Crippen LogP contribution in [0.3, 0.4) is 0 Å². The highest BCUT2D eigenvalue weighted by Gasteiger charge is 2.32. The van der Waals surface area contributed by atoms with Crippen molar-refractivity contribution in [3.05, 3.63) is 89.4 Å². The molecule has 2 aromatic carbocycles. The summed E-state index contributed by atoms with van der Waals surface area (Å²) in [5, 5.41) is 27.1. The van der Waals surface area contributed by atoms with Gasteiger partial charge in [0, 0.05) is 49.4 Å². The summed E-state index contributed by atoms with van der Waals surface area (Å²) in [6.45, 7) is 2.67. The summed E-state index contributed by atoms with van der Waals surface area (Å²) < 4.78 is 31.3. The smallest absolute Gasteiger partial charge is 0.335 e. The van der Waals surface area contributed by atoms with Gasteiger partial charge in [0.1, 0.15) is 17.8 Å². The van der Waals surface area contributed by atoms with Crippen molar-refractivity contribution >= 4 is 38.8 Å². The molecule has 0 radical (unpaired) electrons. The van der Waals surface area contributed by atoms with Gasteiger partial charge in [-0.15, -0.1) is 0 Å². The van der Waals surface area contributed by atoms with Crippen molar-refractivity contribution in [3.8, 4) is 6.07 Å². The number of carboxylic acid groups (broad SMARTS) is 2. The fourth-order valence-electron chi connectivity index (χ4n) is 5.06. The highest BCUT2D eigenvalue weighted by atomic mass is 32.2.